The fourth-order valence-electron chi connectivity index (χ4n) is 1.67. The topological polar surface area (TPSA) is 121 Å². The van der Waals surface area contributed by atoms with Gasteiger partial charge in [0.1, 0.15) is 0 Å². The van der Waals surface area contributed by atoms with E-state index in [4.69, 9.17) is 22.1 Å². The molecule has 2 rings (SSSR count). The number of nitrogen functional groups attached to an aromatic ring is 1. The predicted molar refractivity (Wildman–Crippen MR) is 66.0 cm³/mol. The fraction of sp³-hybridized carbons (Fsp3) is 0.300. The Kier molecular flexibility index (Phi) is 3.72. The normalized spacial score (nSPS) is 14.9. The number of carbonyl (C=O) groups is 1. The summed E-state index contributed by atoms with van der Waals surface area (Å²) < 4.78 is 5.06. The first-order valence-electron chi connectivity index (χ1n) is 5.29. The van der Waals surface area contributed by atoms with Crippen LogP contribution >= 0.6 is 11.6 Å². The first kappa shape index (κ1) is 13.4. The maximum Gasteiger partial charge on any atom is 0.340 e. The summed E-state index contributed by atoms with van der Waals surface area (Å²) in [5.74, 6) is -1.01. The number of ether oxygens (including phenoxy) is 1. The molecular weight excluding hydrogens is 276 g/mol. The summed E-state index contributed by atoms with van der Waals surface area (Å²) in [6.07, 6.45) is 1.92. The molecule has 1 aromatic rings. The van der Waals surface area contributed by atoms with Crippen LogP contribution in [0.1, 0.15) is 16.9 Å². The van der Waals surface area contributed by atoms with E-state index in [-0.39, 0.29) is 11.9 Å². The third-order valence-corrected chi connectivity index (χ3v) is 2.71. The number of hydrogen-bond acceptors (Lipinski definition) is 7. The molecule has 9 heteroatoms. The summed E-state index contributed by atoms with van der Waals surface area (Å²) in [6.45, 7) is 0.656. The van der Waals surface area contributed by atoms with Crippen LogP contribution in [0.2, 0.25) is 5.28 Å². The summed E-state index contributed by atoms with van der Waals surface area (Å²) in [6, 6.07) is 0. The number of hydrogen-bond donors (Lipinski definition) is 1. The largest absolute Gasteiger partial charge is 0.378 e. The molecule has 100 valence electrons. The van der Waals surface area contributed by atoms with E-state index in [9.17, 15) is 14.9 Å². The van der Waals surface area contributed by atoms with Gasteiger partial charge < -0.3 is 10.5 Å². The lowest BCUT2D eigenvalue weighted by Gasteiger charge is -2.12. The number of anilines is 1. The van der Waals surface area contributed by atoms with Crippen molar-refractivity contribution in [3.05, 3.63) is 32.7 Å². The number of ketones is 1. The SMILES string of the molecule is Nc1nc(Cl)nc(C(=O)C2=CCOCC2)c1[N+](=O)[O-]. The van der Waals surface area contributed by atoms with Crippen molar-refractivity contribution in [1.29, 1.82) is 0 Å². The van der Waals surface area contributed by atoms with Gasteiger partial charge in [0.2, 0.25) is 16.9 Å². The van der Waals surface area contributed by atoms with Crippen LogP contribution in [0.25, 0.3) is 0 Å². The van der Waals surface area contributed by atoms with Crippen LogP contribution in [0.4, 0.5) is 11.5 Å². The number of nitro groups is 1. The molecule has 0 radical (unpaired) electrons. The van der Waals surface area contributed by atoms with Crippen molar-refractivity contribution in [3.8, 4) is 0 Å². The zero-order valence-electron chi connectivity index (χ0n) is 9.63. The van der Waals surface area contributed by atoms with Gasteiger partial charge in [-0.2, -0.15) is 4.98 Å². The number of nitrogens with two attached hydrogens (primary N) is 1. The Bertz CT molecular complexity index is 587. The molecule has 1 aliphatic heterocycles. The van der Waals surface area contributed by atoms with Crippen LogP contribution in [-0.4, -0.2) is 33.9 Å². The van der Waals surface area contributed by atoms with Gasteiger partial charge in [-0.1, -0.05) is 6.08 Å². The maximum atomic E-state index is 12.2. The highest BCUT2D eigenvalue weighted by Crippen LogP contribution is 2.27. The number of Topliss-reactive ketones (excluding diaryl/α,β-unsaturated/α-hetero) is 1. The Balaban J connectivity index is 2.51. The van der Waals surface area contributed by atoms with Crippen LogP contribution in [0.3, 0.4) is 0 Å². The zero-order chi connectivity index (χ0) is 14.0. The molecule has 0 bridgehead atoms. The quantitative estimate of drug-likeness (QED) is 0.382. The maximum absolute atomic E-state index is 12.2. The van der Waals surface area contributed by atoms with Gasteiger partial charge >= 0.3 is 5.69 Å². The number of aromatic nitrogens is 2. The van der Waals surface area contributed by atoms with E-state index in [0.717, 1.165) is 0 Å². The Labute approximate surface area is 112 Å². The van der Waals surface area contributed by atoms with Crippen molar-refractivity contribution in [2.24, 2.45) is 0 Å². The van der Waals surface area contributed by atoms with Crippen LogP contribution in [0.15, 0.2) is 11.6 Å². The number of nitrogens with zero attached hydrogens (tertiary/aromatic N) is 3. The Morgan fingerprint density at radius 1 is 1.53 bits per heavy atom. The van der Waals surface area contributed by atoms with Gasteiger partial charge in [0.25, 0.3) is 0 Å². The average Bonchev–Trinajstić information content (AvgIpc) is 2.37. The lowest BCUT2D eigenvalue weighted by molar-refractivity contribution is -0.384. The molecule has 0 saturated heterocycles. The highest BCUT2D eigenvalue weighted by atomic mass is 35.5. The fourth-order valence-corrected chi connectivity index (χ4v) is 1.84. The van der Waals surface area contributed by atoms with E-state index in [0.29, 0.717) is 18.6 Å². The van der Waals surface area contributed by atoms with Gasteiger partial charge in [-0.15, -0.1) is 0 Å². The summed E-state index contributed by atoms with van der Waals surface area (Å²) in [7, 11) is 0. The molecule has 1 aromatic heterocycles. The molecule has 0 spiro atoms. The zero-order valence-corrected chi connectivity index (χ0v) is 10.4. The van der Waals surface area contributed by atoms with E-state index in [2.05, 4.69) is 9.97 Å². The van der Waals surface area contributed by atoms with Gasteiger partial charge in [0, 0.05) is 5.57 Å². The van der Waals surface area contributed by atoms with Gasteiger partial charge in [0.05, 0.1) is 18.1 Å². The Morgan fingerprint density at radius 3 is 2.84 bits per heavy atom. The molecule has 1 aliphatic rings. The lowest BCUT2D eigenvalue weighted by atomic mass is 10.0. The minimum absolute atomic E-state index is 0.281. The summed E-state index contributed by atoms with van der Waals surface area (Å²) in [5.41, 5.74) is 4.79. The molecule has 2 N–H and O–H groups in total. The minimum atomic E-state index is -0.793. The predicted octanol–water partition coefficient (Wildman–Crippen LogP) is 1.15. The summed E-state index contributed by atoms with van der Waals surface area (Å²) >= 11 is 5.59. The van der Waals surface area contributed by atoms with Crippen molar-refractivity contribution < 1.29 is 14.5 Å². The highest BCUT2D eigenvalue weighted by molar-refractivity contribution is 6.28. The second-order valence-corrected chi connectivity index (χ2v) is 4.05. The number of carbonyl (C=O) groups excluding carboxylic acids is 1. The molecule has 8 nitrogen and oxygen atoms in total. The van der Waals surface area contributed by atoms with Crippen LogP contribution in [-0.2, 0) is 4.74 Å². The summed E-state index contributed by atoms with van der Waals surface area (Å²) in [5, 5.41) is 10.6. The van der Waals surface area contributed by atoms with Gasteiger partial charge in [-0.3, -0.25) is 14.9 Å². The molecular formula is C10H9ClN4O4. The molecule has 0 fully saturated rings. The van der Waals surface area contributed by atoms with E-state index < -0.39 is 27.9 Å². The molecule has 19 heavy (non-hydrogen) atoms. The number of rotatable bonds is 3. The lowest BCUT2D eigenvalue weighted by Crippen LogP contribution is -2.16. The smallest absolute Gasteiger partial charge is 0.340 e. The van der Waals surface area contributed by atoms with Crippen LogP contribution < -0.4 is 5.73 Å². The van der Waals surface area contributed by atoms with Gasteiger partial charge in [-0.05, 0) is 18.0 Å². The number of halogens is 1. The molecule has 0 saturated carbocycles. The molecule has 0 atom stereocenters. The third kappa shape index (κ3) is 2.69. The van der Waals surface area contributed by atoms with E-state index in [1.54, 1.807) is 6.08 Å². The van der Waals surface area contributed by atoms with Crippen molar-refractivity contribution >= 4 is 28.9 Å². The van der Waals surface area contributed by atoms with E-state index in [1.165, 1.54) is 0 Å². The van der Waals surface area contributed by atoms with E-state index >= 15 is 0 Å². The van der Waals surface area contributed by atoms with Gasteiger partial charge in [-0.25, -0.2) is 4.98 Å². The van der Waals surface area contributed by atoms with Crippen molar-refractivity contribution in [1.82, 2.24) is 9.97 Å². The molecule has 0 unspecified atom stereocenters. The Morgan fingerprint density at radius 2 is 2.26 bits per heavy atom. The second-order valence-electron chi connectivity index (χ2n) is 3.72. The van der Waals surface area contributed by atoms with Crippen molar-refractivity contribution in [2.75, 3.05) is 18.9 Å². The third-order valence-electron chi connectivity index (χ3n) is 2.54. The standard InChI is InChI=1S/C10H9ClN4O4/c11-10-13-6(7(15(17)18)9(12)14-10)8(16)5-1-3-19-4-2-5/h1H,2-4H2,(H2,12,13,14). The molecule has 0 aliphatic carbocycles. The van der Waals surface area contributed by atoms with Crippen LogP contribution in [0, 0.1) is 10.1 Å². The first-order chi connectivity index (χ1) is 9.00. The second kappa shape index (κ2) is 5.29. The summed E-state index contributed by atoms with van der Waals surface area (Å²) in [4.78, 5) is 29.5. The van der Waals surface area contributed by atoms with Crippen molar-refractivity contribution in [3.63, 3.8) is 0 Å². The minimum Gasteiger partial charge on any atom is -0.378 e. The first-order valence-corrected chi connectivity index (χ1v) is 5.67. The molecule has 2 heterocycles. The average molecular weight is 285 g/mol. The molecule has 0 amide bonds. The Hall–Kier alpha value is -2.06. The molecule has 0 aromatic carbocycles. The van der Waals surface area contributed by atoms with Crippen molar-refractivity contribution in [2.45, 2.75) is 6.42 Å². The monoisotopic (exact) mass is 284 g/mol. The van der Waals surface area contributed by atoms with E-state index in [1.807, 2.05) is 0 Å². The van der Waals surface area contributed by atoms with Gasteiger partial charge in [0.15, 0.2) is 5.69 Å². The van der Waals surface area contributed by atoms with Crippen LogP contribution in [0.5, 0.6) is 0 Å². The highest BCUT2D eigenvalue weighted by Gasteiger charge is 2.29.